The van der Waals surface area contributed by atoms with Crippen molar-refractivity contribution in [3.05, 3.63) is 29.8 Å². The van der Waals surface area contributed by atoms with Gasteiger partial charge in [0, 0.05) is 5.69 Å². The summed E-state index contributed by atoms with van der Waals surface area (Å²) in [6, 6.07) is 7.83. The molecular weight excluding hydrogens is 244 g/mol. The molecule has 1 rings (SSSR count). The highest BCUT2D eigenvalue weighted by Gasteiger charge is 2.19. The summed E-state index contributed by atoms with van der Waals surface area (Å²) in [5.41, 5.74) is 7.57. The molecule has 0 saturated carbocycles. The van der Waals surface area contributed by atoms with E-state index < -0.39 is 5.92 Å². The largest absolute Gasteiger partial charge is 0.393 e. The number of hydrogen-bond acceptors (Lipinski definition) is 2. The second-order valence-electron chi connectivity index (χ2n) is 4.26. The Kier molecular flexibility index (Phi) is 5.78. The highest BCUT2D eigenvalue weighted by molar-refractivity contribution is 7.80. The van der Waals surface area contributed by atoms with E-state index in [4.69, 9.17) is 18.0 Å². The second-order valence-corrected chi connectivity index (χ2v) is 4.73. The van der Waals surface area contributed by atoms with Gasteiger partial charge in [0.05, 0.1) is 10.9 Å². The van der Waals surface area contributed by atoms with Crippen LogP contribution in [0.3, 0.4) is 0 Å². The molecule has 4 heteroatoms. The molecule has 18 heavy (non-hydrogen) atoms. The van der Waals surface area contributed by atoms with E-state index in [1.165, 1.54) is 0 Å². The number of carbonyl (C=O) groups excluding carboxylic acids is 1. The van der Waals surface area contributed by atoms with Crippen molar-refractivity contribution in [2.45, 2.75) is 33.1 Å². The van der Waals surface area contributed by atoms with Crippen molar-refractivity contribution >= 4 is 28.8 Å². The molecule has 1 amide bonds. The monoisotopic (exact) mass is 264 g/mol. The van der Waals surface area contributed by atoms with Gasteiger partial charge < -0.3 is 11.1 Å². The van der Waals surface area contributed by atoms with Crippen molar-refractivity contribution in [1.82, 2.24) is 0 Å². The molecule has 1 atom stereocenters. The average Bonchev–Trinajstić information content (AvgIpc) is 2.32. The Hall–Kier alpha value is -1.42. The molecule has 0 heterocycles. The highest BCUT2D eigenvalue weighted by atomic mass is 32.1. The van der Waals surface area contributed by atoms with Crippen molar-refractivity contribution in [2.24, 2.45) is 11.7 Å². The average molecular weight is 264 g/mol. The van der Waals surface area contributed by atoms with Gasteiger partial charge in [-0.25, -0.2) is 0 Å². The minimum atomic E-state index is -0.394. The molecule has 0 bridgehead atoms. The summed E-state index contributed by atoms with van der Waals surface area (Å²) in [5.74, 6) is -0.511. The van der Waals surface area contributed by atoms with E-state index in [-0.39, 0.29) is 10.9 Å². The smallest absolute Gasteiger partial charge is 0.234 e. The Balaban J connectivity index is 2.83. The van der Waals surface area contributed by atoms with Crippen LogP contribution in [0.15, 0.2) is 24.3 Å². The number of nitrogens with two attached hydrogens (primary N) is 1. The molecule has 1 aromatic carbocycles. The van der Waals surface area contributed by atoms with Crippen LogP contribution in [0.1, 0.15) is 32.3 Å². The molecule has 1 unspecified atom stereocenters. The predicted octanol–water partition coefficient (Wildman–Crippen LogP) is 2.89. The van der Waals surface area contributed by atoms with Gasteiger partial charge in [-0.1, -0.05) is 50.7 Å². The topological polar surface area (TPSA) is 55.1 Å². The number of hydrogen-bond donors (Lipinski definition) is 2. The van der Waals surface area contributed by atoms with Crippen LogP contribution in [0.4, 0.5) is 5.69 Å². The number of carbonyl (C=O) groups is 1. The predicted molar refractivity (Wildman–Crippen MR) is 79.6 cm³/mol. The Morgan fingerprint density at radius 1 is 1.39 bits per heavy atom. The van der Waals surface area contributed by atoms with Crippen molar-refractivity contribution in [3.63, 3.8) is 0 Å². The third-order valence-electron chi connectivity index (χ3n) is 2.86. The summed E-state index contributed by atoms with van der Waals surface area (Å²) in [6.07, 6.45) is 2.61. The number of nitrogens with one attached hydrogen (secondary N) is 1. The van der Waals surface area contributed by atoms with Gasteiger partial charge in [0.25, 0.3) is 0 Å². The zero-order valence-electron chi connectivity index (χ0n) is 10.9. The maximum absolute atomic E-state index is 12.1. The van der Waals surface area contributed by atoms with E-state index in [2.05, 4.69) is 12.2 Å². The molecule has 98 valence electrons. The minimum absolute atomic E-state index is 0.117. The van der Waals surface area contributed by atoms with Crippen LogP contribution >= 0.6 is 12.2 Å². The van der Waals surface area contributed by atoms with E-state index in [9.17, 15) is 4.79 Å². The van der Waals surface area contributed by atoms with Crippen LogP contribution in [0.25, 0.3) is 0 Å². The zero-order chi connectivity index (χ0) is 13.5. The fourth-order valence-electron chi connectivity index (χ4n) is 1.87. The van der Waals surface area contributed by atoms with Gasteiger partial charge in [-0.2, -0.15) is 0 Å². The highest BCUT2D eigenvalue weighted by Crippen LogP contribution is 2.18. The third-order valence-corrected chi connectivity index (χ3v) is 3.15. The van der Waals surface area contributed by atoms with Crippen LogP contribution < -0.4 is 11.1 Å². The molecule has 0 aliphatic rings. The van der Waals surface area contributed by atoms with E-state index in [0.29, 0.717) is 6.42 Å². The van der Waals surface area contributed by atoms with Crippen molar-refractivity contribution < 1.29 is 4.79 Å². The summed E-state index contributed by atoms with van der Waals surface area (Å²) in [4.78, 5) is 12.3. The number of aryl methyl sites for hydroxylation is 1. The van der Waals surface area contributed by atoms with E-state index in [1.807, 2.05) is 31.2 Å². The van der Waals surface area contributed by atoms with Crippen LogP contribution in [0.5, 0.6) is 0 Å². The number of rotatable bonds is 6. The first-order valence-electron chi connectivity index (χ1n) is 6.28. The quantitative estimate of drug-likeness (QED) is 0.777. The number of benzene rings is 1. The fraction of sp³-hybridized carbons (Fsp3) is 0.429. The first-order valence-corrected chi connectivity index (χ1v) is 6.69. The third kappa shape index (κ3) is 3.81. The van der Waals surface area contributed by atoms with Crippen molar-refractivity contribution in [1.29, 1.82) is 0 Å². The lowest BCUT2D eigenvalue weighted by Gasteiger charge is -2.15. The molecule has 3 N–H and O–H groups in total. The van der Waals surface area contributed by atoms with Crippen LogP contribution in [0.2, 0.25) is 0 Å². The fourth-order valence-corrected chi connectivity index (χ4v) is 2.14. The Labute approximate surface area is 114 Å². The number of para-hydroxylation sites is 1. The SMILES string of the molecule is CCCc1ccccc1NC(=O)C(CC)C(N)=S. The van der Waals surface area contributed by atoms with Crippen molar-refractivity contribution in [2.75, 3.05) is 5.32 Å². The summed E-state index contributed by atoms with van der Waals surface area (Å²) in [6.45, 7) is 4.02. The van der Waals surface area contributed by atoms with Crippen LogP contribution in [-0.2, 0) is 11.2 Å². The first-order chi connectivity index (χ1) is 8.60. The molecule has 0 saturated heterocycles. The van der Waals surface area contributed by atoms with E-state index in [1.54, 1.807) is 0 Å². The second kappa shape index (κ2) is 7.11. The molecule has 0 aromatic heterocycles. The Morgan fingerprint density at radius 2 is 2.06 bits per heavy atom. The van der Waals surface area contributed by atoms with E-state index in [0.717, 1.165) is 24.1 Å². The molecule has 1 aromatic rings. The summed E-state index contributed by atoms with van der Waals surface area (Å²) >= 11 is 4.91. The Morgan fingerprint density at radius 3 is 2.61 bits per heavy atom. The summed E-state index contributed by atoms with van der Waals surface area (Å²) in [5, 5.41) is 2.92. The summed E-state index contributed by atoms with van der Waals surface area (Å²) < 4.78 is 0. The van der Waals surface area contributed by atoms with Gasteiger partial charge in [-0.05, 0) is 24.5 Å². The van der Waals surface area contributed by atoms with Gasteiger partial charge >= 0.3 is 0 Å². The van der Waals surface area contributed by atoms with Gasteiger partial charge in [-0.15, -0.1) is 0 Å². The molecule has 0 aliphatic heterocycles. The molecular formula is C14H20N2OS. The molecule has 0 aliphatic carbocycles. The van der Waals surface area contributed by atoms with Crippen molar-refractivity contribution in [3.8, 4) is 0 Å². The lowest BCUT2D eigenvalue weighted by Crippen LogP contribution is -2.32. The normalized spacial score (nSPS) is 11.9. The first kappa shape index (κ1) is 14.6. The lowest BCUT2D eigenvalue weighted by molar-refractivity contribution is -0.118. The standard InChI is InChI=1S/C14H20N2OS/c1-3-7-10-8-5-6-9-12(10)16-14(17)11(4-2)13(15)18/h5-6,8-9,11H,3-4,7H2,1-2H3,(H2,15,18)(H,16,17). The Bertz CT molecular complexity index is 432. The maximum Gasteiger partial charge on any atom is 0.234 e. The summed E-state index contributed by atoms with van der Waals surface area (Å²) in [7, 11) is 0. The lowest BCUT2D eigenvalue weighted by atomic mass is 10.0. The van der Waals surface area contributed by atoms with E-state index >= 15 is 0 Å². The molecule has 0 fully saturated rings. The minimum Gasteiger partial charge on any atom is -0.393 e. The maximum atomic E-state index is 12.1. The van der Waals surface area contributed by atoms with Gasteiger partial charge in [-0.3, -0.25) is 4.79 Å². The number of amides is 1. The van der Waals surface area contributed by atoms with Gasteiger partial charge in [0.15, 0.2) is 0 Å². The molecule has 3 nitrogen and oxygen atoms in total. The zero-order valence-corrected chi connectivity index (χ0v) is 11.7. The molecule has 0 spiro atoms. The van der Waals surface area contributed by atoms with Gasteiger partial charge in [0.1, 0.15) is 0 Å². The number of anilines is 1. The van der Waals surface area contributed by atoms with Gasteiger partial charge in [0.2, 0.25) is 5.91 Å². The van der Waals surface area contributed by atoms with Crippen LogP contribution in [-0.4, -0.2) is 10.9 Å². The van der Waals surface area contributed by atoms with Crippen LogP contribution in [0, 0.1) is 5.92 Å². The number of thiocarbonyl (C=S) groups is 1. The molecule has 0 radical (unpaired) electrons.